The molecule has 0 saturated carbocycles. The molecule has 2 nitrogen and oxygen atoms in total. The first-order valence-corrected chi connectivity index (χ1v) is 4.71. The van der Waals surface area contributed by atoms with Crippen LogP contribution < -0.4 is 0 Å². The van der Waals surface area contributed by atoms with Gasteiger partial charge in [-0.25, -0.2) is 0 Å². The number of benzene rings is 2. The Balaban J connectivity index is 2.33. The van der Waals surface area contributed by atoms with Crippen LogP contribution in [0.1, 0.15) is 11.1 Å². The Morgan fingerprint density at radius 2 is 1.33 bits per heavy atom. The van der Waals surface area contributed by atoms with E-state index in [4.69, 9.17) is 10.5 Å². The topological polar surface area (TPSA) is 44.1 Å². The summed E-state index contributed by atoms with van der Waals surface area (Å²) >= 11 is 0. The molecule has 0 aliphatic carbocycles. The molecule has 0 amide bonds. The summed E-state index contributed by atoms with van der Waals surface area (Å²) in [4.78, 5) is 0. The fourth-order valence-corrected chi connectivity index (χ4v) is 1.40. The van der Waals surface area contributed by atoms with Crippen LogP contribution >= 0.6 is 0 Å². The molecule has 2 N–H and O–H groups in total. The highest BCUT2D eigenvalue weighted by molar-refractivity contribution is 6.10. The molecule has 0 saturated heterocycles. The molecule has 15 heavy (non-hydrogen) atoms. The van der Waals surface area contributed by atoms with E-state index in [1.165, 1.54) is 0 Å². The number of phenolic OH excluding ortho intramolecular Hbond substituents is 1. The van der Waals surface area contributed by atoms with Gasteiger partial charge in [-0.2, -0.15) is 0 Å². The van der Waals surface area contributed by atoms with Crippen molar-refractivity contribution in [1.82, 2.24) is 0 Å². The van der Waals surface area contributed by atoms with Gasteiger partial charge >= 0.3 is 0 Å². The van der Waals surface area contributed by atoms with E-state index in [-0.39, 0.29) is 5.75 Å². The van der Waals surface area contributed by atoms with Gasteiger partial charge in [-0.1, -0.05) is 30.3 Å². The second-order valence-electron chi connectivity index (χ2n) is 3.29. The molecule has 0 atom stereocenters. The number of phenols is 1. The number of rotatable bonds is 2. The molecule has 2 heteroatoms. The molecule has 0 spiro atoms. The third-order valence-electron chi connectivity index (χ3n) is 2.22. The van der Waals surface area contributed by atoms with Gasteiger partial charge in [-0.3, -0.25) is 5.41 Å². The van der Waals surface area contributed by atoms with Gasteiger partial charge in [-0.05, 0) is 29.8 Å². The van der Waals surface area contributed by atoms with Crippen molar-refractivity contribution < 1.29 is 5.11 Å². The monoisotopic (exact) mass is 197 g/mol. The molecular weight excluding hydrogens is 186 g/mol. The minimum atomic E-state index is 0.222. The van der Waals surface area contributed by atoms with Gasteiger partial charge in [0.1, 0.15) is 5.75 Å². The van der Waals surface area contributed by atoms with Gasteiger partial charge in [0.25, 0.3) is 0 Å². The van der Waals surface area contributed by atoms with Crippen molar-refractivity contribution in [3.63, 3.8) is 0 Å². The minimum Gasteiger partial charge on any atom is -0.508 e. The Bertz CT molecular complexity index is 460. The Hall–Kier alpha value is -2.09. The molecule has 0 aliphatic rings. The predicted molar refractivity (Wildman–Crippen MR) is 60.5 cm³/mol. The molecular formula is C13H11NO. The van der Waals surface area contributed by atoms with Crippen LogP contribution in [0.3, 0.4) is 0 Å². The van der Waals surface area contributed by atoms with E-state index in [1.54, 1.807) is 24.3 Å². The zero-order valence-electron chi connectivity index (χ0n) is 8.14. The summed E-state index contributed by atoms with van der Waals surface area (Å²) in [7, 11) is 0. The maximum Gasteiger partial charge on any atom is 0.115 e. The van der Waals surface area contributed by atoms with Gasteiger partial charge in [-0.15, -0.1) is 0 Å². The van der Waals surface area contributed by atoms with Crippen LogP contribution in [-0.4, -0.2) is 10.8 Å². The van der Waals surface area contributed by atoms with Crippen molar-refractivity contribution in [3.05, 3.63) is 65.7 Å². The first-order valence-electron chi connectivity index (χ1n) is 4.71. The standard InChI is InChI=1S/C13H11NO/c14-13(10-4-2-1-3-5-10)11-6-8-12(15)9-7-11/h1-9,14-15H. The fraction of sp³-hybridized carbons (Fsp3) is 0. The van der Waals surface area contributed by atoms with Crippen molar-refractivity contribution >= 4 is 5.71 Å². The smallest absolute Gasteiger partial charge is 0.115 e. The molecule has 2 rings (SSSR count). The summed E-state index contributed by atoms with van der Waals surface area (Å²) in [6.07, 6.45) is 0. The summed E-state index contributed by atoms with van der Waals surface area (Å²) in [6, 6.07) is 16.2. The maximum absolute atomic E-state index is 9.14. The summed E-state index contributed by atoms with van der Waals surface area (Å²) in [5.41, 5.74) is 2.15. The van der Waals surface area contributed by atoms with Gasteiger partial charge < -0.3 is 5.11 Å². The van der Waals surface area contributed by atoms with E-state index in [0.29, 0.717) is 5.71 Å². The van der Waals surface area contributed by atoms with Crippen molar-refractivity contribution in [2.24, 2.45) is 0 Å². The molecule has 2 aromatic rings. The van der Waals surface area contributed by atoms with E-state index in [2.05, 4.69) is 0 Å². The minimum absolute atomic E-state index is 0.222. The summed E-state index contributed by atoms with van der Waals surface area (Å²) < 4.78 is 0. The lowest BCUT2D eigenvalue weighted by Crippen LogP contribution is -2.00. The lowest BCUT2D eigenvalue weighted by atomic mass is 10.0. The quantitative estimate of drug-likeness (QED) is 0.714. The zero-order valence-corrected chi connectivity index (χ0v) is 8.14. The van der Waals surface area contributed by atoms with E-state index >= 15 is 0 Å². The Kier molecular flexibility index (Phi) is 2.50. The van der Waals surface area contributed by atoms with Crippen molar-refractivity contribution in [2.45, 2.75) is 0 Å². The van der Waals surface area contributed by atoms with Crippen LogP contribution in [0.15, 0.2) is 54.6 Å². The van der Waals surface area contributed by atoms with Crippen LogP contribution in [0.25, 0.3) is 0 Å². The third kappa shape index (κ3) is 2.05. The van der Waals surface area contributed by atoms with E-state index in [9.17, 15) is 0 Å². The lowest BCUT2D eigenvalue weighted by Gasteiger charge is -2.03. The Morgan fingerprint density at radius 3 is 1.93 bits per heavy atom. The zero-order chi connectivity index (χ0) is 10.7. The Morgan fingerprint density at radius 1 is 0.800 bits per heavy atom. The van der Waals surface area contributed by atoms with Gasteiger partial charge in [0, 0.05) is 5.56 Å². The molecule has 0 aromatic heterocycles. The second kappa shape index (κ2) is 3.96. The SMILES string of the molecule is N=C(c1ccccc1)c1ccc(O)cc1. The number of hydrogen-bond donors (Lipinski definition) is 2. The summed E-state index contributed by atoms with van der Waals surface area (Å²) in [5.74, 6) is 0.222. The van der Waals surface area contributed by atoms with Crippen molar-refractivity contribution in [3.8, 4) is 5.75 Å². The second-order valence-corrected chi connectivity index (χ2v) is 3.29. The first kappa shape index (κ1) is 9.46. The van der Waals surface area contributed by atoms with Crippen LogP contribution in [0, 0.1) is 5.41 Å². The summed E-state index contributed by atoms with van der Waals surface area (Å²) in [6.45, 7) is 0. The van der Waals surface area contributed by atoms with Crippen LogP contribution in [-0.2, 0) is 0 Å². The molecule has 0 aliphatic heterocycles. The molecule has 0 unspecified atom stereocenters. The average molecular weight is 197 g/mol. The van der Waals surface area contributed by atoms with E-state index < -0.39 is 0 Å². The average Bonchev–Trinajstić information content (AvgIpc) is 2.30. The highest BCUT2D eigenvalue weighted by Crippen LogP contribution is 2.13. The predicted octanol–water partition coefficient (Wildman–Crippen LogP) is 2.81. The molecule has 0 radical (unpaired) electrons. The molecule has 0 fully saturated rings. The van der Waals surface area contributed by atoms with Crippen LogP contribution in [0.4, 0.5) is 0 Å². The maximum atomic E-state index is 9.14. The largest absolute Gasteiger partial charge is 0.508 e. The highest BCUT2D eigenvalue weighted by Gasteiger charge is 2.03. The molecule has 74 valence electrons. The van der Waals surface area contributed by atoms with E-state index in [1.807, 2.05) is 30.3 Å². The number of nitrogens with one attached hydrogen (secondary N) is 1. The fourth-order valence-electron chi connectivity index (χ4n) is 1.40. The van der Waals surface area contributed by atoms with E-state index in [0.717, 1.165) is 11.1 Å². The summed E-state index contributed by atoms with van der Waals surface area (Å²) in [5, 5.41) is 17.1. The lowest BCUT2D eigenvalue weighted by molar-refractivity contribution is 0.475. The molecule has 0 heterocycles. The van der Waals surface area contributed by atoms with Gasteiger partial charge in [0.2, 0.25) is 0 Å². The number of aromatic hydroxyl groups is 1. The van der Waals surface area contributed by atoms with Crippen molar-refractivity contribution in [2.75, 3.05) is 0 Å². The van der Waals surface area contributed by atoms with Crippen LogP contribution in [0.5, 0.6) is 5.75 Å². The highest BCUT2D eigenvalue weighted by atomic mass is 16.3. The molecule has 0 bridgehead atoms. The normalized spacial score (nSPS) is 9.87. The van der Waals surface area contributed by atoms with Crippen LogP contribution in [0.2, 0.25) is 0 Å². The Labute approximate surface area is 88.3 Å². The van der Waals surface area contributed by atoms with Gasteiger partial charge in [0.15, 0.2) is 0 Å². The van der Waals surface area contributed by atoms with Gasteiger partial charge in [0.05, 0.1) is 5.71 Å². The van der Waals surface area contributed by atoms with Crippen molar-refractivity contribution in [1.29, 1.82) is 5.41 Å². The third-order valence-corrected chi connectivity index (χ3v) is 2.22. The molecule has 2 aromatic carbocycles. The first-order chi connectivity index (χ1) is 7.27. The number of hydrogen-bond acceptors (Lipinski definition) is 2.